The van der Waals surface area contributed by atoms with Crippen LogP contribution in [0.2, 0.25) is 0 Å². The summed E-state index contributed by atoms with van der Waals surface area (Å²) in [6.45, 7) is 1.45. The second-order valence-electron chi connectivity index (χ2n) is 6.30. The number of hydrogen-bond acceptors (Lipinski definition) is 2. The first-order chi connectivity index (χ1) is 12.3. The Morgan fingerprint density at radius 1 is 0.923 bits per heavy atom. The van der Waals surface area contributed by atoms with Crippen LogP contribution in [-0.2, 0) is 22.7 Å². The number of piperazine rings is 1. The van der Waals surface area contributed by atoms with Gasteiger partial charge in [-0.3, -0.25) is 9.59 Å². The van der Waals surface area contributed by atoms with Gasteiger partial charge in [-0.15, -0.1) is 0 Å². The molecule has 4 nitrogen and oxygen atoms in total. The van der Waals surface area contributed by atoms with Gasteiger partial charge in [0.05, 0.1) is 0 Å². The van der Waals surface area contributed by atoms with E-state index in [9.17, 15) is 22.8 Å². The minimum absolute atomic E-state index is 0.0613. The van der Waals surface area contributed by atoms with Crippen LogP contribution >= 0.6 is 0 Å². The van der Waals surface area contributed by atoms with Gasteiger partial charge in [0.25, 0.3) is 0 Å². The largest absolute Gasteiger partial charge is 0.327 e. The van der Waals surface area contributed by atoms with Gasteiger partial charge < -0.3 is 9.80 Å². The second kappa shape index (κ2) is 7.19. The van der Waals surface area contributed by atoms with Crippen molar-refractivity contribution in [1.29, 1.82) is 0 Å². The van der Waals surface area contributed by atoms with Gasteiger partial charge in [-0.05, 0) is 42.3 Å². The van der Waals surface area contributed by atoms with E-state index >= 15 is 0 Å². The van der Waals surface area contributed by atoms with Gasteiger partial charge in [0.2, 0.25) is 11.8 Å². The standard InChI is InChI=1S/C19H17F3N2O2/c1-12-19(26)23(9-13-3-2-4-15(20)5-13)11-18(25)24(12)10-14-6-16(21)8-17(22)7-14/h2-8,12H,9-11H2,1H3/t12-/m0/s1. The van der Waals surface area contributed by atoms with Crippen LogP contribution in [0.5, 0.6) is 0 Å². The van der Waals surface area contributed by atoms with E-state index in [1.54, 1.807) is 13.0 Å². The van der Waals surface area contributed by atoms with Gasteiger partial charge in [0.1, 0.15) is 30.0 Å². The molecule has 136 valence electrons. The first-order valence-electron chi connectivity index (χ1n) is 8.11. The molecule has 26 heavy (non-hydrogen) atoms. The highest BCUT2D eigenvalue weighted by atomic mass is 19.1. The molecule has 2 aromatic carbocycles. The zero-order chi connectivity index (χ0) is 18.8. The van der Waals surface area contributed by atoms with Gasteiger partial charge in [-0.2, -0.15) is 0 Å². The van der Waals surface area contributed by atoms with Gasteiger partial charge in [0, 0.05) is 19.2 Å². The van der Waals surface area contributed by atoms with E-state index in [1.807, 2.05) is 0 Å². The lowest BCUT2D eigenvalue weighted by Crippen LogP contribution is -2.58. The molecule has 1 saturated heterocycles. The maximum absolute atomic E-state index is 13.3. The smallest absolute Gasteiger partial charge is 0.245 e. The predicted molar refractivity (Wildman–Crippen MR) is 88.2 cm³/mol. The SMILES string of the molecule is C[C@H]1C(=O)N(Cc2cccc(F)c2)CC(=O)N1Cc1cc(F)cc(F)c1. The maximum atomic E-state index is 13.3. The molecule has 0 radical (unpaired) electrons. The third-order valence-electron chi connectivity index (χ3n) is 4.32. The molecule has 3 rings (SSSR count). The number of hydrogen-bond donors (Lipinski definition) is 0. The van der Waals surface area contributed by atoms with Gasteiger partial charge in [-0.25, -0.2) is 13.2 Å². The second-order valence-corrected chi connectivity index (χ2v) is 6.30. The summed E-state index contributed by atoms with van der Waals surface area (Å²) in [5.74, 6) is -2.53. The highest BCUT2D eigenvalue weighted by Gasteiger charge is 2.36. The normalized spacial score (nSPS) is 17.8. The Balaban J connectivity index is 1.74. The first kappa shape index (κ1) is 18.0. The fourth-order valence-corrected chi connectivity index (χ4v) is 3.06. The average Bonchev–Trinajstić information content (AvgIpc) is 2.55. The van der Waals surface area contributed by atoms with Crippen LogP contribution in [0.4, 0.5) is 13.2 Å². The third-order valence-corrected chi connectivity index (χ3v) is 4.32. The first-order valence-corrected chi connectivity index (χ1v) is 8.11. The van der Waals surface area contributed by atoms with Crippen LogP contribution in [0.25, 0.3) is 0 Å². The minimum atomic E-state index is -0.781. The Labute approximate surface area is 148 Å². The summed E-state index contributed by atoms with van der Waals surface area (Å²) in [4.78, 5) is 27.7. The Morgan fingerprint density at radius 2 is 1.58 bits per heavy atom. The van der Waals surface area contributed by atoms with E-state index in [1.165, 1.54) is 28.0 Å². The van der Waals surface area contributed by atoms with Crippen molar-refractivity contribution in [3.05, 3.63) is 71.0 Å². The summed E-state index contributed by atoms with van der Waals surface area (Å²) in [5.41, 5.74) is 0.855. The number of benzene rings is 2. The zero-order valence-corrected chi connectivity index (χ0v) is 14.1. The number of halogens is 3. The number of rotatable bonds is 4. The number of amides is 2. The summed E-state index contributed by atoms with van der Waals surface area (Å²) in [7, 11) is 0. The lowest BCUT2D eigenvalue weighted by Gasteiger charge is -2.38. The quantitative estimate of drug-likeness (QED) is 0.839. The van der Waals surface area contributed by atoms with Crippen molar-refractivity contribution >= 4 is 11.8 Å². The van der Waals surface area contributed by atoms with E-state index in [4.69, 9.17) is 0 Å². The molecule has 0 bridgehead atoms. The summed E-state index contributed by atoms with van der Waals surface area (Å²) in [6.07, 6.45) is 0. The van der Waals surface area contributed by atoms with Crippen molar-refractivity contribution in [1.82, 2.24) is 9.80 Å². The number of nitrogens with zero attached hydrogens (tertiary/aromatic N) is 2. The fourth-order valence-electron chi connectivity index (χ4n) is 3.06. The van der Waals surface area contributed by atoms with Crippen LogP contribution in [0.3, 0.4) is 0 Å². The Morgan fingerprint density at radius 3 is 2.23 bits per heavy atom. The molecule has 2 aromatic rings. The highest BCUT2D eigenvalue weighted by molar-refractivity contribution is 5.94. The molecule has 0 aromatic heterocycles. The molecule has 1 atom stereocenters. The summed E-state index contributed by atoms with van der Waals surface area (Å²) in [5, 5.41) is 0. The third kappa shape index (κ3) is 3.87. The van der Waals surface area contributed by atoms with Gasteiger partial charge in [0.15, 0.2) is 0 Å². The van der Waals surface area contributed by atoms with Crippen LogP contribution in [0.15, 0.2) is 42.5 Å². The fraction of sp³-hybridized carbons (Fsp3) is 0.263. The van der Waals surface area contributed by atoms with Crippen molar-refractivity contribution in [2.75, 3.05) is 6.54 Å². The predicted octanol–water partition coefficient (Wildman–Crippen LogP) is 2.86. The lowest BCUT2D eigenvalue weighted by molar-refractivity contribution is -0.156. The number of carbonyl (C=O) groups is 2. The molecule has 0 unspecified atom stereocenters. The van der Waals surface area contributed by atoms with Crippen LogP contribution < -0.4 is 0 Å². The highest BCUT2D eigenvalue weighted by Crippen LogP contribution is 2.19. The van der Waals surface area contributed by atoms with Crippen molar-refractivity contribution in [3.63, 3.8) is 0 Å². The van der Waals surface area contributed by atoms with E-state index in [2.05, 4.69) is 0 Å². The molecule has 1 fully saturated rings. The monoisotopic (exact) mass is 362 g/mol. The molecular weight excluding hydrogens is 345 g/mol. The topological polar surface area (TPSA) is 40.6 Å². The molecule has 2 amide bonds. The van der Waals surface area contributed by atoms with Gasteiger partial charge >= 0.3 is 0 Å². The Kier molecular flexibility index (Phi) is 4.97. The van der Waals surface area contributed by atoms with Crippen molar-refractivity contribution in [2.45, 2.75) is 26.1 Å². The van der Waals surface area contributed by atoms with Crippen LogP contribution in [0.1, 0.15) is 18.1 Å². The van der Waals surface area contributed by atoms with E-state index in [0.717, 1.165) is 18.2 Å². The average molecular weight is 362 g/mol. The molecule has 7 heteroatoms. The molecule has 0 N–H and O–H groups in total. The summed E-state index contributed by atoms with van der Waals surface area (Å²) >= 11 is 0. The lowest BCUT2D eigenvalue weighted by atomic mass is 10.1. The maximum Gasteiger partial charge on any atom is 0.245 e. The number of carbonyl (C=O) groups excluding carboxylic acids is 2. The van der Waals surface area contributed by atoms with Crippen LogP contribution in [0, 0.1) is 17.5 Å². The molecule has 1 heterocycles. The molecular formula is C19H17F3N2O2. The van der Waals surface area contributed by atoms with Crippen LogP contribution in [-0.4, -0.2) is 34.2 Å². The van der Waals surface area contributed by atoms with Gasteiger partial charge in [-0.1, -0.05) is 12.1 Å². The summed E-state index contributed by atoms with van der Waals surface area (Å²) in [6, 6.07) is 8.05. The molecule has 1 aliphatic heterocycles. The minimum Gasteiger partial charge on any atom is -0.327 e. The van der Waals surface area contributed by atoms with Crippen molar-refractivity contribution < 1.29 is 22.8 Å². The molecule has 0 spiro atoms. The summed E-state index contributed by atoms with van der Waals surface area (Å²) < 4.78 is 40.0. The van der Waals surface area contributed by atoms with E-state index < -0.39 is 23.5 Å². The zero-order valence-electron chi connectivity index (χ0n) is 14.1. The molecule has 1 aliphatic rings. The van der Waals surface area contributed by atoms with E-state index in [0.29, 0.717) is 5.56 Å². The van der Waals surface area contributed by atoms with Crippen molar-refractivity contribution in [3.8, 4) is 0 Å². The van der Waals surface area contributed by atoms with E-state index in [-0.39, 0.29) is 37.0 Å². The van der Waals surface area contributed by atoms with Crippen molar-refractivity contribution in [2.24, 2.45) is 0 Å². The molecule has 0 saturated carbocycles. The Hall–Kier alpha value is -2.83. The Bertz CT molecular complexity index is 836. The molecule has 0 aliphatic carbocycles.